The highest BCUT2D eigenvalue weighted by Gasteiger charge is 2.13. The number of phenolic OH excluding ortho intramolecular Hbond substituents is 1. The Bertz CT molecular complexity index is 750. The quantitative estimate of drug-likeness (QED) is 0.474. The lowest BCUT2D eigenvalue weighted by atomic mass is 10.2. The van der Waals surface area contributed by atoms with Crippen molar-refractivity contribution in [2.45, 2.75) is 0 Å². The van der Waals surface area contributed by atoms with Crippen LogP contribution in [-0.2, 0) is 0 Å². The number of nitrogens with two attached hydrogens (primary N) is 1. The van der Waals surface area contributed by atoms with Gasteiger partial charge in [-0.2, -0.15) is 0 Å². The van der Waals surface area contributed by atoms with E-state index >= 15 is 0 Å². The average Bonchev–Trinajstić information content (AvgIpc) is 2.47. The van der Waals surface area contributed by atoms with Crippen LogP contribution >= 0.6 is 0 Å². The van der Waals surface area contributed by atoms with Crippen LogP contribution in [0.1, 0.15) is 17.2 Å². The Balaban J connectivity index is 2.45. The van der Waals surface area contributed by atoms with Gasteiger partial charge in [0.2, 0.25) is 0 Å². The number of para-hydroxylation sites is 1. The number of hydrogen-bond donors (Lipinski definition) is 2. The molecule has 4 nitrogen and oxygen atoms in total. The van der Waals surface area contributed by atoms with Gasteiger partial charge in [0.15, 0.2) is 0 Å². The average molecular weight is 234 g/mol. The molecule has 86 valence electrons. The van der Waals surface area contributed by atoms with E-state index in [0.29, 0.717) is 0 Å². The maximum atomic E-state index is 12.0. The van der Waals surface area contributed by atoms with Crippen LogP contribution in [0.2, 0.25) is 0 Å². The molecule has 0 aromatic heterocycles. The zero-order chi connectivity index (χ0) is 16.6. The molecule has 2 aromatic carbocycles. The van der Waals surface area contributed by atoms with E-state index in [0.717, 1.165) is 6.07 Å². The third kappa shape index (κ3) is 2.55. The second kappa shape index (κ2) is 4.57. The molecular weight excluding hydrogens is 218 g/mol. The van der Waals surface area contributed by atoms with E-state index in [9.17, 15) is 9.90 Å². The molecule has 0 bridgehead atoms. The number of benzene rings is 2. The van der Waals surface area contributed by atoms with Crippen LogP contribution in [0.3, 0.4) is 0 Å². The second-order valence-electron chi connectivity index (χ2n) is 3.12. The summed E-state index contributed by atoms with van der Waals surface area (Å²) in [6.45, 7) is 0. The largest absolute Gasteiger partial charge is 0.507 e. The molecule has 0 atom stereocenters. The topological polar surface area (TPSA) is 72.5 Å². The van der Waals surface area contributed by atoms with E-state index in [1.165, 1.54) is 12.1 Å². The van der Waals surface area contributed by atoms with Gasteiger partial charge in [0.1, 0.15) is 17.1 Å². The Hall–Kier alpha value is -2.49. The van der Waals surface area contributed by atoms with Crippen LogP contribution in [0.4, 0.5) is 5.69 Å². The Morgan fingerprint density at radius 1 is 1.29 bits per heavy atom. The van der Waals surface area contributed by atoms with Crippen molar-refractivity contribution in [3.63, 3.8) is 0 Å². The number of esters is 1. The van der Waals surface area contributed by atoms with E-state index in [4.69, 9.17) is 17.3 Å². The molecule has 0 aliphatic carbocycles. The molecule has 0 spiro atoms. The van der Waals surface area contributed by atoms with Gasteiger partial charge in [-0.25, -0.2) is 4.79 Å². The third-order valence-electron chi connectivity index (χ3n) is 1.91. The van der Waals surface area contributed by atoms with Gasteiger partial charge in [0.25, 0.3) is 0 Å². The van der Waals surface area contributed by atoms with Crippen molar-refractivity contribution in [3.05, 3.63) is 54.0 Å². The van der Waals surface area contributed by atoms with Gasteiger partial charge in [-0.15, -0.1) is 0 Å². The summed E-state index contributed by atoms with van der Waals surface area (Å²) in [5.74, 6) is -2.10. The van der Waals surface area contributed by atoms with Crippen LogP contribution in [0.5, 0.6) is 11.5 Å². The van der Waals surface area contributed by atoms with Crippen LogP contribution in [0.25, 0.3) is 0 Å². The molecule has 0 aliphatic heterocycles. The van der Waals surface area contributed by atoms with Gasteiger partial charge in [-0.05, 0) is 24.2 Å². The van der Waals surface area contributed by atoms with Crippen molar-refractivity contribution < 1.29 is 21.5 Å². The SMILES string of the molecule is [2H]c1c([2H])c([2H])c(OC(=O)c2ccc(N)cc2O)c([2H])c1[2H]. The number of carbonyl (C=O) groups is 1. The number of phenols is 1. The summed E-state index contributed by atoms with van der Waals surface area (Å²) in [6.07, 6.45) is 0. The van der Waals surface area contributed by atoms with Crippen molar-refractivity contribution in [1.82, 2.24) is 0 Å². The minimum atomic E-state index is -1.06. The summed E-state index contributed by atoms with van der Waals surface area (Å²) >= 11 is 0. The summed E-state index contributed by atoms with van der Waals surface area (Å²) in [5, 5.41) is 9.65. The van der Waals surface area contributed by atoms with E-state index in [2.05, 4.69) is 0 Å². The number of carbonyl (C=O) groups excluding carboxylic acids is 1. The standard InChI is InChI=1S/C13H11NO3/c14-9-6-7-11(12(15)8-9)13(16)17-10-4-2-1-3-5-10/h1-8,15H,14H2/i1D,2D,3D,4D,5D. The molecule has 0 saturated heterocycles. The number of aromatic hydroxyl groups is 1. The van der Waals surface area contributed by atoms with Gasteiger partial charge in [0.05, 0.1) is 6.85 Å². The Morgan fingerprint density at radius 2 is 2.00 bits per heavy atom. The molecule has 4 heteroatoms. The predicted octanol–water partition coefficient (Wildman–Crippen LogP) is 2.19. The lowest BCUT2D eigenvalue weighted by Crippen LogP contribution is -2.08. The number of hydrogen-bond acceptors (Lipinski definition) is 4. The van der Waals surface area contributed by atoms with Crippen molar-refractivity contribution in [3.8, 4) is 11.5 Å². The predicted molar refractivity (Wildman–Crippen MR) is 63.9 cm³/mol. The van der Waals surface area contributed by atoms with Gasteiger partial charge in [-0.1, -0.05) is 18.1 Å². The summed E-state index contributed by atoms with van der Waals surface area (Å²) in [6, 6.07) is 0.586. The minimum Gasteiger partial charge on any atom is -0.507 e. The zero-order valence-electron chi connectivity index (χ0n) is 13.6. The highest BCUT2D eigenvalue weighted by Crippen LogP contribution is 2.22. The van der Waals surface area contributed by atoms with E-state index in [-0.39, 0.29) is 11.3 Å². The number of rotatable bonds is 2. The van der Waals surface area contributed by atoms with Crippen molar-refractivity contribution in [2.24, 2.45) is 0 Å². The second-order valence-corrected chi connectivity index (χ2v) is 3.12. The van der Waals surface area contributed by atoms with E-state index < -0.39 is 47.7 Å². The van der Waals surface area contributed by atoms with Crippen molar-refractivity contribution in [2.75, 3.05) is 5.73 Å². The first-order valence-electron chi connectivity index (χ1n) is 7.11. The normalized spacial score (nSPS) is 14.0. The Labute approximate surface area is 105 Å². The maximum absolute atomic E-state index is 12.0. The molecule has 0 unspecified atom stereocenters. The maximum Gasteiger partial charge on any atom is 0.347 e. The Morgan fingerprint density at radius 3 is 2.65 bits per heavy atom. The van der Waals surface area contributed by atoms with Crippen LogP contribution in [-0.4, -0.2) is 11.1 Å². The molecule has 2 rings (SSSR count). The van der Waals surface area contributed by atoms with Crippen molar-refractivity contribution in [1.29, 1.82) is 0 Å². The fourth-order valence-electron chi connectivity index (χ4n) is 1.16. The smallest absolute Gasteiger partial charge is 0.347 e. The molecule has 0 fully saturated rings. The highest BCUT2D eigenvalue weighted by atomic mass is 16.5. The molecule has 17 heavy (non-hydrogen) atoms. The van der Waals surface area contributed by atoms with Gasteiger partial charge >= 0.3 is 5.97 Å². The van der Waals surface area contributed by atoms with Crippen LogP contribution < -0.4 is 10.5 Å². The van der Waals surface area contributed by atoms with Crippen LogP contribution in [0, 0.1) is 0 Å². The number of ether oxygens (including phenoxy) is 1. The fourth-order valence-corrected chi connectivity index (χ4v) is 1.16. The summed E-state index contributed by atoms with van der Waals surface area (Å²) in [5.41, 5.74) is 5.44. The summed E-state index contributed by atoms with van der Waals surface area (Å²) < 4.78 is 42.6. The first-order valence-corrected chi connectivity index (χ1v) is 4.61. The molecule has 0 saturated carbocycles. The van der Waals surface area contributed by atoms with Crippen molar-refractivity contribution >= 4 is 11.7 Å². The fraction of sp³-hybridized carbons (Fsp3) is 0. The number of anilines is 1. The Kier molecular flexibility index (Phi) is 1.69. The summed E-state index contributed by atoms with van der Waals surface area (Å²) in [7, 11) is 0. The van der Waals surface area contributed by atoms with Gasteiger partial charge < -0.3 is 15.6 Å². The minimum absolute atomic E-state index is 0.233. The van der Waals surface area contributed by atoms with E-state index in [1.54, 1.807) is 0 Å². The molecule has 2 aromatic rings. The highest BCUT2D eigenvalue weighted by molar-refractivity contribution is 5.94. The van der Waals surface area contributed by atoms with E-state index in [1.807, 2.05) is 0 Å². The first-order chi connectivity index (χ1) is 10.2. The third-order valence-corrected chi connectivity index (χ3v) is 1.91. The summed E-state index contributed by atoms with van der Waals surface area (Å²) in [4.78, 5) is 12.0. The molecule has 0 heterocycles. The zero-order valence-corrected chi connectivity index (χ0v) is 8.57. The lowest BCUT2D eigenvalue weighted by molar-refractivity contribution is 0.0732. The first kappa shape index (κ1) is 6.30. The molecule has 0 amide bonds. The lowest BCUT2D eigenvalue weighted by Gasteiger charge is -2.06. The molecule has 0 radical (unpaired) electrons. The van der Waals surface area contributed by atoms with Crippen LogP contribution in [0.15, 0.2) is 48.4 Å². The molecular formula is C13H11NO3. The van der Waals surface area contributed by atoms with Gasteiger partial charge in [-0.3, -0.25) is 0 Å². The molecule has 3 N–H and O–H groups in total. The number of nitrogen functional groups attached to an aromatic ring is 1. The monoisotopic (exact) mass is 234 g/mol. The van der Waals surface area contributed by atoms with Gasteiger partial charge in [0, 0.05) is 11.8 Å². The molecule has 0 aliphatic rings.